The monoisotopic (exact) mass is 462 g/mol. The highest BCUT2D eigenvalue weighted by Gasteiger charge is 2.28. The predicted octanol–water partition coefficient (Wildman–Crippen LogP) is 6.84. The van der Waals surface area contributed by atoms with Gasteiger partial charge in [0.05, 0.1) is 13.7 Å². The van der Waals surface area contributed by atoms with Gasteiger partial charge in [0.1, 0.15) is 16.5 Å². The molecule has 5 heteroatoms. The van der Waals surface area contributed by atoms with Gasteiger partial charge in [0.25, 0.3) is 0 Å². The van der Waals surface area contributed by atoms with Gasteiger partial charge in [-0.05, 0) is 85.7 Å². The van der Waals surface area contributed by atoms with Gasteiger partial charge >= 0.3 is 0 Å². The van der Waals surface area contributed by atoms with Crippen LogP contribution in [0, 0.1) is 0 Å². The Morgan fingerprint density at radius 3 is 2.36 bits per heavy atom. The molecule has 2 aromatic carbocycles. The third kappa shape index (κ3) is 5.97. The van der Waals surface area contributed by atoms with Crippen LogP contribution < -0.4 is 14.8 Å². The van der Waals surface area contributed by atoms with Crippen LogP contribution in [0.4, 0.5) is 5.69 Å². The molecule has 1 heterocycles. The Labute approximate surface area is 203 Å². The van der Waals surface area contributed by atoms with Crippen molar-refractivity contribution >= 4 is 29.0 Å². The van der Waals surface area contributed by atoms with Gasteiger partial charge in [-0.3, -0.25) is 0 Å². The van der Waals surface area contributed by atoms with Gasteiger partial charge in [-0.15, -0.1) is 0 Å². The van der Waals surface area contributed by atoms with Crippen LogP contribution in [0.15, 0.2) is 65.4 Å². The van der Waals surface area contributed by atoms with Crippen LogP contribution >= 0.6 is 12.2 Å². The van der Waals surface area contributed by atoms with Crippen LogP contribution in [0.2, 0.25) is 0 Å². The van der Waals surface area contributed by atoms with Gasteiger partial charge in [-0.1, -0.05) is 37.7 Å². The molecule has 4 nitrogen and oxygen atoms in total. The van der Waals surface area contributed by atoms with Crippen molar-refractivity contribution in [3.63, 3.8) is 0 Å². The normalized spacial score (nSPS) is 17.0. The minimum Gasteiger partial charge on any atom is -0.497 e. The zero-order chi connectivity index (χ0) is 23.0. The molecule has 4 rings (SSSR count). The van der Waals surface area contributed by atoms with E-state index in [2.05, 4.69) is 47.5 Å². The summed E-state index contributed by atoms with van der Waals surface area (Å²) >= 11 is 5.88. The molecule has 1 saturated heterocycles. The van der Waals surface area contributed by atoms with Crippen molar-refractivity contribution in [1.29, 1.82) is 0 Å². The summed E-state index contributed by atoms with van der Waals surface area (Å²) in [6.07, 6.45) is 9.03. The number of thiocarbonyl (C=S) groups is 1. The van der Waals surface area contributed by atoms with Crippen molar-refractivity contribution in [3.05, 3.63) is 70.9 Å². The van der Waals surface area contributed by atoms with Gasteiger partial charge in [-0.25, -0.2) is 0 Å². The molecule has 1 N–H and O–H groups in total. The summed E-state index contributed by atoms with van der Waals surface area (Å²) in [5.74, 6) is 1.79. The Kier molecular flexibility index (Phi) is 8.05. The smallest absolute Gasteiger partial charge is 0.119 e. The highest BCUT2D eigenvalue weighted by molar-refractivity contribution is 7.81. The van der Waals surface area contributed by atoms with E-state index in [4.69, 9.17) is 21.7 Å². The molecular formula is C28H34N2O2S. The average molecular weight is 463 g/mol. The van der Waals surface area contributed by atoms with Crippen LogP contribution in [0.3, 0.4) is 0 Å². The first-order valence-electron chi connectivity index (χ1n) is 12.0. The van der Waals surface area contributed by atoms with Crippen molar-refractivity contribution in [1.82, 2.24) is 4.90 Å². The van der Waals surface area contributed by atoms with Crippen LogP contribution in [0.5, 0.6) is 11.5 Å². The standard InChI is InChI=1S/C28H34N2O2S/c1-3-4-19-32-25-12-7-21(8-13-25)20-22-9-16-26(27(22)30-17-5-6-18-30)28(33)29-23-10-14-24(31-2)15-11-23/h7-8,10-15,20H,3-6,9,16-19H2,1-2H3,(H,29,33). The highest BCUT2D eigenvalue weighted by atomic mass is 32.1. The minimum absolute atomic E-state index is 0.779. The molecule has 0 bridgehead atoms. The van der Waals surface area contributed by atoms with Crippen LogP contribution in [0.1, 0.15) is 51.0 Å². The number of likely N-dealkylation sites (tertiary alicyclic amines) is 1. The lowest BCUT2D eigenvalue weighted by molar-refractivity contribution is 0.309. The van der Waals surface area contributed by atoms with Gasteiger partial charge in [0, 0.05) is 30.0 Å². The summed E-state index contributed by atoms with van der Waals surface area (Å²) in [4.78, 5) is 3.35. The summed E-state index contributed by atoms with van der Waals surface area (Å²) in [6.45, 7) is 5.16. The van der Waals surface area contributed by atoms with E-state index >= 15 is 0 Å². The number of hydrogen-bond donors (Lipinski definition) is 1. The van der Waals surface area contributed by atoms with Gasteiger partial charge in [-0.2, -0.15) is 0 Å². The van der Waals surface area contributed by atoms with Crippen molar-refractivity contribution in [3.8, 4) is 11.5 Å². The first kappa shape index (κ1) is 23.4. The third-order valence-corrected chi connectivity index (χ3v) is 6.61. The lowest BCUT2D eigenvalue weighted by atomic mass is 10.1. The van der Waals surface area contributed by atoms with Crippen LogP contribution in [-0.4, -0.2) is 36.7 Å². The van der Waals surface area contributed by atoms with Crippen LogP contribution in [-0.2, 0) is 0 Å². The molecule has 1 aliphatic heterocycles. The van der Waals surface area contributed by atoms with Crippen LogP contribution in [0.25, 0.3) is 6.08 Å². The molecular weight excluding hydrogens is 428 g/mol. The van der Waals surface area contributed by atoms with E-state index in [-0.39, 0.29) is 0 Å². The SMILES string of the molecule is CCCCOc1ccc(C=C2CCC(C(=S)Nc3ccc(OC)cc3)=C2N2CCCC2)cc1. The molecule has 0 aromatic heterocycles. The number of nitrogens with one attached hydrogen (secondary N) is 1. The van der Waals surface area contributed by atoms with Crippen molar-refractivity contribution < 1.29 is 9.47 Å². The van der Waals surface area contributed by atoms with E-state index in [1.807, 2.05) is 24.3 Å². The van der Waals surface area contributed by atoms with Gasteiger partial charge in [0.2, 0.25) is 0 Å². The second-order valence-corrected chi connectivity index (χ2v) is 9.05. The lowest BCUT2D eigenvalue weighted by Crippen LogP contribution is -2.22. The molecule has 1 aliphatic carbocycles. The quantitative estimate of drug-likeness (QED) is 0.326. The largest absolute Gasteiger partial charge is 0.497 e. The topological polar surface area (TPSA) is 33.7 Å². The number of nitrogens with zero attached hydrogens (tertiary/aromatic N) is 1. The Morgan fingerprint density at radius 2 is 1.70 bits per heavy atom. The number of anilines is 1. The Morgan fingerprint density at radius 1 is 1.00 bits per heavy atom. The number of ether oxygens (including phenoxy) is 2. The fourth-order valence-corrected chi connectivity index (χ4v) is 4.78. The van der Waals surface area contributed by atoms with Gasteiger partial charge in [0.15, 0.2) is 0 Å². The second-order valence-electron chi connectivity index (χ2n) is 8.64. The summed E-state index contributed by atoms with van der Waals surface area (Å²) in [5, 5.41) is 3.45. The van der Waals surface area contributed by atoms with E-state index in [1.165, 1.54) is 35.2 Å². The molecule has 33 heavy (non-hydrogen) atoms. The number of benzene rings is 2. The zero-order valence-electron chi connectivity index (χ0n) is 19.7. The Balaban J connectivity index is 1.54. The summed E-state index contributed by atoms with van der Waals surface area (Å²) < 4.78 is 11.1. The molecule has 1 fully saturated rings. The summed E-state index contributed by atoms with van der Waals surface area (Å²) in [7, 11) is 1.68. The second kappa shape index (κ2) is 11.4. The third-order valence-electron chi connectivity index (χ3n) is 6.27. The molecule has 2 aliphatic rings. The maximum atomic E-state index is 5.88. The number of unbranched alkanes of at least 4 members (excludes halogenated alkanes) is 1. The Hall–Kier alpha value is -2.79. The van der Waals surface area contributed by atoms with Crippen molar-refractivity contribution in [2.75, 3.05) is 32.1 Å². The average Bonchev–Trinajstić information content (AvgIpc) is 3.51. The number of methoxy groups -OCH3 is 1. The molecule has 174 valence electrons. The van der Waals surface area contributed by atoms with Crippen molar-refractivity contribution in [2.45, 2.75) is 45.4 Å². The number of allylic oxidation sites excluding steroid dienone is 1. The molecule has 0 spiro atoms. The van der Waals surface area contributed by atoms with E-state index in [9.17, 15) is 0 Å². The molecule has 0 atom stereocenters. The number of hydrogen-bond acceptors (Lipinski definition) is 4. The minimum atomic E-state index is 0.779. The van der Waals surface area contributed by atoms with Crippen molar-refractivity contribution in [2.24, 2.45) is 0 Å². The maximum Gasteiger partial charge on any atom is 0.119 e. The molecule has 0 amide bonds. The highest BCUT2D eigenvalue weighted by Crippen LogP contribution is 2.38. The number of rotatable bonds is 9. The molecule has 0 saturated carbocycles. The molecule has 2 aromatic rings. The summed E-state index contributed by atoms with van der Waals surface area (Å²) in [5.41, 5.74) is 6.17. The first-order valence-corrected chi connectivity index (χ1v) is 12.5. The first-order chi connectivity index (χ1) is 16.2. The molecule has 0 radical (unpaired) electrons. The van der Waals surface area contributed by atoms with E-state index in [0.717, 1.165) is 67.6 Å². The maximum absolute atomic E-state index is 5.88. The zero-order valence-corrected chi connectivity index (χ0v) is 20.5. The van der Waals surface area contributed by atoms with E-state index in [1.54, 1.807) is 7.11 Å². The molecule has 0 unspecified atom stereocenters. The predicted molar refractivity (Wildman–Crippen MR) is 141 cm³/mol. The fourth-order valence-electron chi connectivity index (χ4n) is 4.46. The Bertz CT molecular complexity index is 1000. The van der Waals surface area contributed by atoms with E-state index in [0.29, 0.717) is 0 Å². The lowest BCUT2D eigenvalue weighted by Gasteiger charge is -2.23. The van der Waals surface area contributed by atoms with E-state index < -0.39 is 0 Å². The summed E-state index contributed by atoms with van der Waals surface area (Å²) in [6, 6.07) is 16.4. The fraction of sp³-hybridized carbons (Fsp3) is 0.393. The van der Waals surface area contributed by atoms with Gasteiger partial charge < -0.3 is 19.7 Å².